The van der Waals surface area contributed by atoms with Gasteiger partial charge < -0.3 is 14.7 Å². The summed E-state index contributed by atoms with van der Waals surface area (Å²) in [6.45, 7) is 0.592. The Morgan fingerprint density at radius 3 is 3.00 bits per heavy atom. The Morgan fingerprint density at radius 1 is 1.19 bits per heavy atom. The van der Waals surface area contributed by atoms with Gasteiger partial charge in [0.15, 0.2) is 5.58 Å². The van der Waals surface area contributed by atoms with E-state index in [-0.39, 0.29) is 0 Å². The largest absolute Gasteiger partial charge is 0.439 e. The highest BCUT2D eigenvalue weighted by atomic mass is 79.9. The Balaban J connectivity index is 1.77. The molecule has 0 aliphatic rings. The van der Waals surface area contributed by atoms with Gasteiger partial charge in [0.25, 0.3) is 0 Å². The summed E-state index contributed by atoms with van der Waals surface area (Å²) in [7, 11) is 0. The molecule has 4 aromatic rings. The van der Waals surface area contributed by atoms with E-state index in [1.54, 1.807) is 0 Å². The lowest BCUT2D eigenvalue weighted by Crippen LogP contribution is -1.97. The summed E-state index contributed by atoms with van der Waals surface area (Å²) in [6.07, 6.45) is 2.04. The van der Waals surface area contributed by atoms with E-state index < -0.39 is 0 Å². The smallest absolute Gasteiger partial charge is 0.215 e. The van der Waals surface area contributed by atoms with Crippen molar-refractivity contribution >= 4 is 43.6 Å². The van der Waals surface area contributed by atoms with Gasteiger partial charge in [-0.05, 0) is 36.4 Å². The second-order valence-electron chi connectivity index (χ2n) is 4.95. The van der Waals surface area contributed by atoms with Crippen LogP contribution in [0.25, 0.3) is 22.0 Å². The van der Waals surface area contributed by atoms with E-state index in [1.165, 1.54) is 5.39 Å². The normalized spacial score (nSPS) is 11.5. The molecule has 0 saturated carbocycles. The third-order valence-electron chi connectivity index (χ3n) is 3.52. The predicted molar refractivity (Wildman–Crippen MR) is 87.2 cm³/mol. The lowest BCUT2D eigenvalue weighted by atomic mass is 10.2. The van der Waals surface area contributed by atoms with Gasteiger partial charge in [-0.3, -0.25) is 0 Å². The number of hydrogen-bond acceptors (Lipinski definition) is 3. The standard InChI is InChI=1S/C16H12BrN3O/c17-12-2-1-3-14-11(12)6-7-20(14)9-16-19-13-8-10(18)4-5-15(13)21-16/h1-8H,9,18H2. The lowest BCUT2D eigenvalue weighted by Gasteiger charge is -2.02. The van der Waals surface area contributed by atoms with Gasteiger partial charge in [0.05, 0.1) is 6.54 Å². The van der Waals surface area contributed by atoms with Gasteiger partial charge in [0.1, 0.15) is 5.52 Å². The van der Waals surface area contributed by atoms with Gasteiger partial charge in [-0.25, -0.2) is 4.98 Å². The van der Waals surface area contributed by atoms with Crippen molar-refractivity contribution in [3.05, 3.63) is 59.0 Å². The number of nitrogen functional groups attached to an aromatic ring is 1. The van der Waals surface area contributed by atoms with Gasteiger partial charge in [-0.1, -0.05) is 22.0 Å². The fourth-order valence-corrected chi connectivity index (χ4v) is 3.02. The summed E-state index contributed by atoms with van der Waals surface area (Å²) in [4.78, 5) is 4.50. The highest BCUT2D eigenvalue weighted by Gasteiger charge is 2.09. The van der Waals surface area contributed by atoms with Crippen LogP contribution in [0.1, 0.15) is 5.89 Å². The fourth-order valence-electron chi connectivity index (χ4n) is 2.53. The molecule has 21 heavy (non-hydrogen) atoms. The molecule has 0 radical (unpaired) electrons. The predicted octanol–water partition coefficient (Wildman–Crippen LogP) is 4.18. The van der Waals surface area contributed by atoms with Crippen LogP contribution in [0.3, 0.4) is 0 Å². The van der Waals surface area contributed by atoms with E-state index in [0.717, 1.165) is 21.1 Å². The van der Waals surface area contributed by atoms with Crippen LogP contribution >= 0.6 is 15.9 Å². The highest BCUT2D eigenvalue weighted by Crippen LogP contribution is 2.26. The maximum Gasteiger partial charge on any atom is 0.215 e. The summed E-state index contributed by atoms with van der Waals surface area (Å²) in [5.74, 6) is 0.674. The number of rotatable bonds is 2. The average molecular weight is 342 g/mol. The Kier molecular flexibility index (Phi) is 2.75. The van der Waals surface area contributed by atoms with Crippen molar-refractivity contribution in [2.24, 2.45) is 0 Å². The molecule has 0 saturated heterocycles. The monoisotopic (exact) mass is 341 g/mol. The van der Waals surface area contributed by atoms with Crippen LogP contribution in [0, 0.1) is 0 Å². The van der Waals surface area contributed by atoms with E-state index in [2.05, 4.69) is 37.6 Å². The molecule has 0 amide bonds. The Hall–Kier alpha value is -2.27. The number of hydrogen-bond donors (Lipinski definition) is 1. The summed E-state index contributed by atoms with van der Waals surface area (Å²) >= 11 is 3.57. The Labute approximate surface area is 129 Å². The second-order valence-corrected chi connectivity index (χ2v) is 5.81. The molecule has 0 aliphatic carbocycles. The van der Waals surface area contributed by atoms with Gasteiger partial charge in [-0.2, -0.15) is 0 Å². The van der Waals surface area contributed by atoms with Crippen LogP contribution in [-0.2, 0) is 6.54 Å². The minimum atomic E-state index is 0.592. The minimum Gasteiger partial charge on any atom is -0.439 e. The van der Waals surface area contributed by atoms with Crippen molar-refractivity contribution in [3.63, 3.8) is 0 Å². The van der Waals surface area contributed by atoms with Crippen LogP contribution in [0.2, 0.25) is 0 Å². The zero-order valence-corrected chi connectivity index (χ0v) is 12.7. The van der Waals surface area contributed by atoms with Crippen molar-refractivity contribution in [1.82, 2.24) is 9.55 Å². The molecule has 4 rings (SSSR count). The van der Waals surface area contributed by atoms with Crippen LogP contribution in [0.15, 0.2) is 57.6 Å². The molecule has 2 aromatic carbocycles. The molecular formula is C16H12BrN3O. The van der Waals surface area contributed by atoms with Crippen molar-refractivity contribution < 1.29 is 4.42 Å². The molecule has 104 valence electrons. The molecule has 2 aromatic heterocycles. The first-order valence-corrected chi connectivity index (χ1v) is 7.38. The van der Waals surface area contributed by atoms with Crippen molar-refractivity contribution in [2.75, 3.05) is 5.73 Å². The number of aromatic nitrogens is 2. The molecule has 0 bridgehead atoms. The zero-order valence-electron chi connectivity index (χ0n) is 11.1. The maximum atomic E-state index is 5.78. The average Bonchev–Trinajstić information content (AvgIpc) is 3.04. The minimum absolute atomic E-state index is 0.592. The number of fused-ring (bicyclic) bond motifs is 2. The highest BCUT2D eigenvalue weighted by molar-refractivity contribution is 9.10. The zero-order chi connectivity index (χ0) is 14.4. The van der Waals surface area contributed by atoms with Crippen LogP contribution in [0.5, 0.6) is 0 Å². The number of nitrogens with two attached hydrogens (primary N) is 1. The number of anilines is 1. The Morgan fingerprint density at radius 2 is 2.10 bits per heavy atom. The topological polar surface area (TPSA) is 57.0 Å². The quantitative estimate of drug-likeness (QED) is 0.556. The molecule has 2 N–H and O–H groups in total. The van der Waals surface area contributed by atoms with Gasteiger partial charge in [0, 0.05) is 27.3 Å². The van der Waals surface area contributed by atoms with Gasteiger partial charge >= 0.3 is 0 Å². The maximum absolute atomic E-state index is 5.78. The van der Waals surface area contributed by atoms with Crippen LogP contribution in [0.4, 0.5) is 5.69 Å². The van der Waals surface area contributed by atoms with Crippen LogP contribution in [-0.4, -0.2) is 9.55 Å². The fraction of sp³-hybridized carbons (Fsp3) is 0.0625. The molecule has 0 fully saturated rings. The summed E-state index contributed by atoms with van der Waals surface area (Å²) in [5.41, 5.74) is 9.16. The third kappa shape index (κ3) is 2.10. The summed E-state index contributed by atoms with van der Waals surface area (Å²) in [6, 6.07) is 13.7. The van der Waals surface area contributed by atoms with E-state index >= 15 is 0 Å². The molecule has 0 spiro atoms. The van der Waals surface area contributed by atoms with E-state index in [9.17, 15) is 0 Å². The van der Waals surface area contributed by atoms with Gasteiger partial charge in [-0.15, -0.1) is 0 Å². The number of nitrogens with zero attached hydrogens (tertiary/aromatic N) is 2. The molecule has 0 aliphatic heterocycles. The van der Waals surface area contributed by atoms with Crippen molar-refractivity contribution in [2.45, 2.75) is 6.54 Å². The van der Waals surface area contributed by atoms with Gasteiger partial charge in [0.2, 0.25) is 5.89 Å². The number of oxazole rings is 1. The van der Waals surface area contributed by atoms with Crippen molar-refractivity contribution in [1.29, 1.82) is 0 Å². The molecule has 0 unspecified atom stereocenters. The van der Waals surface area contributed by atoms with Crippen molar-refractivity contribution in [3.8, 4) is 0 Å². The number of benzene rings is 2. The first kappa shape index (κ1) is 12.5. The number of halogens is 1. The SMILES string of the molecule is Nc1ccc2oc(Cn3ccc4c(Br)cccc43)nc2c1. The summed E-state index contributed by atoms with van der Waals surface area (Å²) in [5, 5.41) is 1.18. The lowest BCUT2D eigenvalue weighted by molar-refractivity contribution is 0.513. The molecule has 4 nitrogen and oxygen atoms in total. The van der Waals surface area contributed by atoms with E-state index in [4.69, 9.17) is 10.2 Å². The first-order valence-electron chi connectivity index (χ1n) is 6.59. The van der Waals surface area contributed by atoms with E-state index in [1.807, 2.05) is 36.5 Å². The summed E-state index contributed by atoms with van der Waals surface area (Å²) < 4.78 is 8.98. The second kappa shape index (κ2) is 4.63. The molecular weight excluding hydrogens is 330 g/mol. The van der Waals surface area contributed by atoms with Crippen LogP contribution < -0.4 is 5.73 Å². The van der Waals surface area contributed by atoms with E-state index in [0.29, 0.717) is 18.1 Å². The third-order valence-corrected chi connectivity index (χ3v) is 4.21. The molecule has 0 atom stereocenters. The molecule has 2 heterocycles. The molecule has 5 heteroatoms. The Bertz CT molecular complexity index is 955. The first-order chi connectivity index (χ1) is 10.2.